The van der Waals surface area contributed by atoms with E-state index in [0.29, 0.717) is 62.0 Å². The van der Waals surface area contributed by atoms with Crippen molar-refractivity contribution in [3.8, 4) is 11.5 Å². The molecule has 34 heavy (non-hydrogen) atoms. The van der Waals surface area contributed by atoms with Crippen molar-refractivity contribution < 1.29 is 23.9 Å². The molecule has 0 saturated carbocycles. The molecule has 2 aromatic rings. The third kappa shape index (κ3) is 4.78. The minimum atomic E-state index is -0.218. The number of carbonyl (C=O) groups excluding carboxylic acids is 3. The first-order chi connectivity index (χ1) is 16.4. The van der Waals surface area contributed by atoms with Crippen LogP contribution < -0.4 is 19.3 Å². The Bertz CT molecular complexity index is 1060. The minimum absolute atomic E-state index is 0.0434. The Morgan fingerprint density at radius 2 is 1.59 bits per heavy atom. The van der Waals surface area contributed by atoms with Crippen LogP contribution >= 0.6 is 0 Å². The summed E-state index contributed by atoms with van der Waals surface area (Å²) in [4.78, 5) is 44.7. The number of rotatable bonds is 7. The van der Waals surface area contributed by atoms with Crippen LogP contribution in [0, 0.1) is 0 Å². The van der Waals surface area contributed by atoms with Gasteiger partial charge >= 0.3 is 6.03 Å². The first kappa shape index (κ1) is 23.4. The molecule has 3 amide bonds. The first-order valence-corrected chi connectivity index (χ1v) is 11.3. The van der Waals surface area contributed by atoms with Gasteiger partial charge in [0.25, 0.3) is 0 Å². The molecule has 9 heteroatoms. The van der Waals surface area contributed by atoms with E-state index in [2.05, 4.69) is 4.90 Å². The van der Waals surface area contributed by atoms with Gasteiger partial charge in [-0.05, 0) is 43.3 Å². The van der Waals surface area contributed by atoms with Crippen molar-refractivity contribution in [2.45, 2.75) is 6.92 Å². The van der Waals surface area contributed by atoms with Crippen LogP contribution in [0.2, 0.25) is 0 Å². The van der Waals surface area contributed by atoms with E-state index in [4.69, 9.17) is 9.47 Å². The van der Waals surface area contributed by atoms with Crippen LogP contribution in [0.4, 0.5) is 16.2 Å². The Labute approximate surface area is 199 Å². The van der Waals surface area contributed by atoms with E-state index in [-0.39, 0.29) is 24.3 Å². The molecule has 2 saturated heterocycles. The standard InChI is InChI=1S/C25H30N4O5/c1-18(30)19-4-6-20(7-5-19)26-10-12-27(13-11-26)24(31)17-28-14-15-29(25(28)32)22-16-21(33-2)8-9-23(22)34-3/h4-9,16H,10-15,17H2,1-3H3. The maximum absolute atomic E-state index is 13.1. The summed E-state index contributed by atoms with van der Waals surface area (Å²) in [5, 5.41) is 0. The fraction of sp³-hybridized carbons (Fsp3) is 0.400. The number of ketones is 1. The fourth-order valence-electron chi connectivity index (χ4n) is 4.34. The molecule has 0 aromatic heterocycles. The van der Waals surface area contributed by atoms with Gasteiger partial charge < -0.3 is 24.2 Å². The van der Waals surface area contributed by atoms with Crippen molar-refractivity contribution in [3.05, 3.63) is 48.0 Å². The average Bonchev–Trinajstić information content (AvgIpc) is 3.23. The van der Waals surface area contributed by atoms with Crippen molar-refractivity contribution in [1.29, 1.82) is 0 Å². The molecule has 0 unspecified atom stereocenters. The predicted octanol–water partition coefficient (Wildman–Crippen LogP) is 2.50. The lowest BCUT2D eigenvalue weighted by molar-refractivity contribution is -0.131. The highest BCUT2D eigenvalue weighted by Gasteiger charge is 2.34. The van der Waals surface area contributed by atoms with Crippen molar-refractivity contribution in [2.24, 2.45) is 0 Å². The van der Waals surface area contributed by atoms with Gasteiger partial charge in [0.2, 0.25) is 5.91 Å². The second-order valence-corrected chi connectivity index (χ2v) is 8.36. The summed E-state index contributed by atoms with van der Waals surface area (Å²) >= 11 is 0. The molecule has 180 valence electrons. The van der Waals surface area contributed by atoms with E-state index in [9.17, 15) is 14.4 Å². The largest absolute Gasteiger partial charge is 0.497 e. The summed E-state index contributed by atoms with van der Waals surface area (Å²) in [5.74, 6) is 1.20. The number of carbonyl (C=O) groups is 3. The maximum Gasteiger partial charge on any atom is 0.325 e. The van der Waals surface area contributed by atoms with Crippen LogP contribution in [0.5, 0.6) is 11.5 Å². The van der Waals surface area contributed by atoms with Crippen molar-refractivity contribution in [2.75, 3.05) is 69.8 Å². The molecule has 2 aromatic carbocycles. The number of amides is 3. The van der Waals surface area contributed by atoms with Crippen molar-refractivity contribution in [3.63, 3.8) is 0 Å². The number of nitrogens with zero attached hydrogens (tertiary/aromatic N) is 4. The van der Waals surface area contributed by atoms with Gasteiger partial charge in [0.05, 0.1) is 19.9 Å². The molecule has 0 bridgehead atoms. The number of anilines is 2. The predicted molar refractivity (Wildman–Crippen MR) is 129 cm³/mol. The van der Waals surface area contributed by atoms with Crippen LogP contribution in [-0.2, 0) is 4.79 Å². The smallest absolute Gasteiger partial charge is 0.325 e. The van der Waals surface area contributed by atoms with E-state index in [0.717, 1.165) is 5.69 Å². The molecule has 2 aliphatic heterocycles. The maximum atomic E-state index is 13.1. The molecule has 0 aliphatic carbocycles. The van der Waals surface area contributed by atoms with Crippen LogP contribution in [0.25, 0.3) is 0 Å². The van der Waals surface area contributed by atoms with E-state index in [1.54, 1.807) is 49.1 Å². The second kappa shape index (κ2) is 10.0. The molecule has 4 rings (SSSR count). The van der Waals surface area contributed by atoms with Crippen LogP contribution in [0.1, 0.15) is 17.3 Å². The SMILES string of the molecule is COc1ccc(OC)c(N2CCN(CC(=O)N3CCN(c4ccc(C(C)=O)cc4)CC3)C2=O)c1. The highest BCUT2D eigenvalue weighted by Crippen LogP contribution is 2.34. The third-order valence-corrected chi connectivity index (χ3v) is 6.37. The summed E-state index contributed by atoms with van der Waals surface area (Å²) in [6, 6.07) is 12.6. The van der Waals surface area contributed by atoms with Gasteiger partial charge in [-0.3, -0.25) is 14.5 Å². The monoisotopic (exact) mass is 466 g/mol. The molecule has 0 radical (unpaired) electrons. The Morgan fingerprint density at radius 1 is 0.882 bits per heavy atom. The van der Waals surface area contributed by atoms with Gasteiger partial charge in [-0.2, -0.15) is 0 Å². The lowest BCUT2D eigenvalue weighted by atomic mass is 10.1. The van der Waals surface area contributed by atoms with Crippen molar-refractivity contribution in [1.82, 2.24) is 9.80 Å². The normalized spacial score (nSPS) is 16.1. The van der Waals surface area contributed by atoms with Crippen molar-refractivity contribution >= 4 is 29.1 Å². The van der Waals surface area contributed by atoms with Gasteiger partial charge in [-0.1, -0.05) is 0 Å². The molecular weight excluding hydrogens is 436 g/mol. The number of urea groups is 1. The molecule has 0 atom stereocenters. The molecule has 2 aliphatic rings. The van der Waals surface area contributed by atoms with Gasteiger partial charge in [0.15, 0.2) is 5.78 Å². The third-order valence-electron chi connectivity index (χ3n) is 6.37. The molecule has 2 heterocycles. The number of hydrogen-bond acceptors (Lipinski definition) is 6. The molecule has 0 spiro atoms. The number of methoxy groups -OCH3 is 2. The summed E-state index contributed by atoms with van der Waals surface area (Å²) in [6.45, 7) is 5.11. The quantitative estimate of drug-likeness (QED) is 0.583. The van der Waals surface area contributed by atoms with Gasteiger partial charge in [-0.25, -0.2) is 4.79 Å². The topological polar surface area (TPSA) is 82.6 Å². The highest BCUT2D eigenvalue weighted by atomic mass is 16.5. The molecule has 9 nitrogen and oxygen atoms in total. The summed E-state index contributed by atoms with van der Waals surface area (Å²) in [5.41, 5.74) is 2.36. The van der Waals surface area contributed by atoms with E-state index >= 15 is 0 Å². The lowest BCUT2D eigenvalue weighted by Gasteiger charge is -2.36. The van der Waals surface area contributed by atoms with E-state index in [1.807, 2.05) is 29.2 Å². The second-order valence-electron chi connectivity index (χ2n) is 8.36. The van der Waals surface area contributed by atoms with Gasteiger partial charge in [0, 0.05) is 56.6 Å². The highest BCUT2D eigenvalue weighted by molar-refractivity contribution is 5.98. The molecule has 0 N–H and O–H groups in total. The Kier molecular flexibility index (Phi) is 6.90. The zero-order chi connectivity index (χ0) is 24.2. The summed E-state index contributed by atoms with van der Waals surface area (Å²) in [7, 11) is 3.13. The Morgan fingerprint density at radius 3 is 2.21 bits per heavy atom. The number of Topliss-reactive ketones (excluding diaryl/α,β-unsaturated/α-hetero) is 1. The van der Waals surface area contributed by atoms with Gasteiger partial charge in [-0.15, -0.1) is 0 Å². The number of hydrogen-bond donors (Lipinski definition) is 0. The lowest BCUT2D eigenvalue weighted by Crippen LogP contribution is -2.51. The Hall–Kier alpha value is -3.75. The van der Waals surface area contributed by atoms with Crippen LogP contribution in [-0.4, -0.2) is 87.6 Å². The molecular formula is C25H30N4O5. The first-order valence-electron chi connectivity index (χ1n) is 11.3. The average molecular weight is 467 g/mol. The molecule has 2 fully saturated rings. The Balaban J connectivity index is 1.33. The van der Waals surface area contributed by atoms with Gasteiger partial charge in [0.1, 0.15) is 18.0 Å². The number of benzene rings is 2. The zero-order valence-electron chi connectivity index (χ0n) is 19.8. The minimum Gasteiger partial charge on any atom is -0.497 e. The van der Waals surface area contributed by atoms with Crippen LogP contribution in [0.15, 0.2) is 42.5 Å². The van der Waals surface area contributed by atoms with E-state index < -0.39 is 0 Å². The van der Waals surface area contributed by atoms with E-state index in [1.165, 1.54) is 0 Å². The zero-order valence-corrected chi connectivity index (χ0v) is 19.8. The number of ether oxygens (including phenoxy) is 2. The van der Waals surface area contributed by atoms with Crippen LogP contribution in [0.3, 0.4) is 0 Å². The fourth-order valence-corrected chi connectivity index (χ4v) is 4.34. The summed E-state index contributed by atoms with van der Waals surface area (Å²) in [6.07, 6.45) is 0. The summed E-state index contributed by atoms with van der Waals surface area (Å²) < 4.78 is 10.7. The number of piperazine rings is 1.